The fourth-order valence-electron chi connectivity index (χ4n) is 2.01. The van der Waals surface area contributed by atoms with Crippen molar-refractivity contribution in [3.05, 3.63) is 35.0 Å². The van der Waals surface area contributed by atoms with E-state index < -0.39 is 0 Å². The van der Waals surface area contributed by atoms with Crippen molar-refractivity contribution in [2.75, 3.05) is 27.2 Å². The molecular formula is C16H28IN3S. The molecule has 0 amide bonds. The molecule has 5 heteroatoms. The first-order chi connectivity index (χ1) is 9.51. The maximum Gasteiger partial charge on any atom is 0.193 e. The van der Waals surface area contributed by atoms with E-state index in [2.05, 4.69) is 60.2 Å². The standard InChI is InChI=1S/C16H27N3S.HI/c1-6-7-8-11-19(5)15(17-4)18-13-16(2,3)14-10-9-12-20-14;/h6,9-10,12H,1,7-8,11,13H2,2-5H3,(H,17,18);1H. The number of rotatable bonds is 7. The van der Waals surface area contributed by atoms with E-state index in [0.29, 0.717) is 0 Å². The summed E-state index contributed by atoms with van der Waals surface area (Å²) in [5.74, 6) is 0.957. The molecule has 0 saturated heterocycles. The van der Waals surface area contributed by atoms with E-state index in [1.807, 2.05) is 24.5 Å². The van der Waals surface area contributed by atoms with Crippen LogP contribution in [0, 0.1) is 0 Å². The number of allylic oxidation sites excluding steroid dienone is 1. The van der Waals surface area contributed by atoms with Gasteiger partial charge in [0.05, 0.1) is 0 Å². The van der Waals surface area contributed by atoms with Crippen molar-refractivity contribution in [1.82, 2.24) is 10.2 Å². The third kappa shape index (κ3) is 6.82. The Labute approximate surface area is 150 Å². The van der Waals surface area contributed by atoms with Crippen LogP contribution in [-0.4, -0.2) is 38.0 Å². The van der Waals surface area contributed by atoms with Crippen molar-refractivity contribution in [2.24, 2.45) is 4.99 Å². The van der Waals surface area contributed by atoms with Gasteiger partial charge in [-0.25, -0.2) is 0 Å². The Balaban J connectivity index is 0.00000400. The van der Waals surface area contributed by atoms with Gasteiger partial charge < -0.3 is 10.2 Å². The lowest BCUT2D eigenvalue weighted by Gasteiger charge is -2.28. The number of hydrogen-bond acceptors (Lipinski definition) is 2. The van der Waals surface area contributed by atoms with Gasteiger partial charge in [-0.2, -0.15) is 0 Å². The molecule has 0 aliphatic heterocycles. The summed E-state index contributed by atoms with van der Waals surface area (Å²) in [6.45, 7) is 10.2. The van der Waals surface area contributed by atoms with E-state index >= 15 is 0 Å². The number of thiophene rings is 1. The summed E-state index contributed by atoms with van der Waals surface area (Å²) in [7, 11) is 3.92. The first-order valence-electron chi connectivity index (χ1n) is 7.08. The Morgan fingerprint density at radius 2 is 2.24 bits per heavy atom. The summed E-state index contributed by atoms with van der Waals surface area (Å²) in [4.78, 5) is 7.93. The number of aliphatic imine (C=N–C) groups is 1. The Morgan fingerprint density at radius 1 is 1.52 bits per heavy atom. The maximum absolute atomic E-state index is 4.36. The van der Waals surface area contributed by atoms with E-state index in [0.717, 1.165) is 31.9 Å². The van der Waals surface area contributed by atoms with E-state index in [1.165, 1.54) is 4.88 Å². The van der Waals surface area contributed by atoms with Gasteiger partial charge in [-0.3, -0.25) is 4.99 Å². The second-order valence-corrected chi connectivity index (χ2v) is 6.56. The highest BCUT2D eigenvalue weighted by molar-refractivity contribution is 14.0. The van der Waals surface area contributed by atoms with Crippen LogP contribution in [0.5, 0.6) is 0 Å². The largest absolute Gasteiger partial charge is 0.355 e. The minimum Gasteiger partial charge on any atom is -0.355 e. The molecule has 0 aliphatic carbocycles. The normalized spacial score (nSPS) is 11.7. The third-order valence-electron chi connectivity index (χ3n) is 3.35. The molecule has 0 aromatic carbocycles. The molecule has 0 radical (unpaired) electrons. The minimum atomic E-state index is 0. The van der Waals surface area contributed by atoms with Crippen molar-refractivity contribution in [2.45, 2.75) is 32.1 Å². The lowest BCUT2D eigenvalue weighted by atomic mass is 9.91. The van der Waals surface area contributed by atoms with Gasteiger partial charge in [0, 0.05) is 37.5 Å². The smallest absolute Gasteiger partial charge is 0.193 e. The van der Waals surface area contributed by atoms with Crippen molar-refractivity contribution < 1.29 is 0 Å². The lowest BCUT2D eigenvalue weighted by molar-refractivity contribution is 0.448. The van der Waals surface area contributed by atoms with Crippen LogP contribution < -0.4 is 5.32 Å². The van der Waals surface area contributed by atoms with Crippen LogP contribution in [0.25, 0.3) is 0 Å². The molecule has 1 aromatic rings. The Kier molecular flexibility index (Phi) is 9.94. The number of nitrogens with zero attached hydrogens (tertiary/aromatic N) is 2. The summed E-state index contributed by atoms with van der Waals surface area (Å²) in [5.41, 5.74) is 0.117. The number of hydrogen-bond donors (Lipinski definition) is 1. The molecule has 0 fully saturated rings. The van der Waals surface area contributed by atoms with Crippen molar-refractivity contribution in [3.63, 3.8) is 0 Å². The fraction of sp³-hybridized carbons (Fsp3) is 0.562. The molecule has 0 spiro atoms. The number of halogens is 1. The molecule has 21 heavy (non-hydrogen) atoms. The zero-order chi connectivity index (χ0) is 15.0. The topological polar surface area (TPSA) is 27.6 Å². The molecule has 0 aliphatic rings. The predicted octanol–water partition coefficient (Wildman–Crippen LogP) is 4.12. The Morgan fingerprint density at radius 3 is 2.76 bits per heavy atom. The van der Waals surface area contributed by atoms with Crippen LogP contribution in [0.2, 0.25) is 0 Å². The number of guanidine groups is 1. The molecule has 0 saturated carbocycles. The molecule has 0 atom stereocenters. The first-order valence-corrected chi connectivity index (χ1v) is 7.96. The van der Waals surface area contributed by atoms with Gasteiger partial charge in [0.25, 0.3) is 0 Å². The van der Waals surface area contributed by atoms with Gasteiger partial charge in [-0.1, -0.05) is 26.0 Å². The molecular weight excluding hydrogens is 393 g/mol. The van der Waals surface area contributed by atoms with E-state index in [-0.39, 0.29) is 29.4 Å². The van der Waals surface area contributed by atoms with Gasteiger partial charge >= 0.3 is 0 Å². The fourth-order valence-corrected chi connectivity index (χ4v) is 2.87. The highest BCUT2D eigenvalue weighted by atomic mass is 127. The molecule has 1 heterocycles. The Hall–Kier alpha value is -0.560. The van der Waals surface area contributed by atoms with Gasteiger partial charge in [0.2, 0.25) is 0 Å². The van der Waals surface area contributed by atoms with Crippen LogP contribution in [-0.2, 0) is 5.41 Å². The third-order valence-corrected chi connectivity index (χ3v) is 4.59. The molecule has 3 nitrogen and oxygen atoms in total. The van der Waals surface area contributed by atoms with Gasteiger partial charge in [0.1, 0.15) is 0 Å². The second-order valence-electron chi connectivity index (χ2n) is 5.61. The molecule has 0 bridgehead atoms. The zero-order valence-corrected chi connectivity index (χ0v) is 16.7. The van der Waals surface area contributed by atoms with Crippen molar-refractivity contribution >= 4 is 41.3 Å². The summed E-state index contributed by atoms with van der Waals surface area (Å²) < 4.78 is 0. The molecule has 1 aromatic heterocycles. The van der Waals surface area contributed by atoms with Crippen molar-refractivity contribution in [1.29, 1.82) is 0 Å². The van der Waals surface area contributed by atoms with Crippen LogP contribution in [0.4, 0.5) is 0 Å². The van der Waals surface area contributed by atoms with Crippen LogP contribution in [0.3, 0.4) is 0 Å². The number of nitrogens with one attached hydrogen (secondary N) is 1. The summed E-state index contributed by atoms with van der Waals surface area (Å²) in [6, 6.07) is 4.31. The molecule has 1 N–H and O–H groups in total. The van der Waals surface area contributed by atoms with E-state index in [4.69, 9.17) is 0 Å². The zero-order valence-electron chi connectivity index (χ0n) is 13.6. The minimum absolute atomic E-state index is 0. The van der Waals surface area contributed by atoms with E-state index in [1.54, 1.807) is 0 Å². The predicted molar refractivity (Wildman–Crippen MR) is 106 cm³/mol. The van der Waals surface area contributed by atoms with E-state index in [9.17, 15) is 0 Å². The molecule has 120 valence electrons. The van der Waals surface area contributed by atoms with Crippen LogP contribution in [0.15, 0.2) is 35.2 Å². The lowest BCUT2D eigenvalue weighted by Crippen LogP contribution is -2.44. The SMILES string of the molecule is C=CCCCN(C)C(=NC)NCC(C)(C)c1cccs1.I. The average Bonchev–Trinajstić information content (AvgIpc) is 2.94. The quantitative estimate of drug-likeness (QED) is 0.236. The van der Waals surface area contributed by atoms with Crippen LogP contribution >= 0.6 is 35.3 Å². The summed E-state index contributed by atoms with van der Waals surface area (Å²) >= 11 is 1.81. The highest BCUT2D eigenvalue weighted by Gasteiger charge is 2.22. The first kappa shape index (κ1) is 20.4. The van der Waals surface area contributed by atoms with Gasteiger partial charge in [0.15, 0.2) is 5.96 Å². The molecule has 0 unspecified atom stereocenters. The maximum atomic E-state index is 4.36. The van der Waals surface area contributed by atoms with Crippen molar-refractivity contribution in [3.8, 4) is 0 Å². The average molecular weight is 421 g/mol. The van der Waals surface area contributed by atoms with Crippen LogP contribution in [0.1, 0.15) is 31.6 Å². The second kappa shape index (κ2) is 10.2. The number of unbranched alkanes of at least 4 members (excludes halogenated alkanes) is 1. The highest BCUT2D eigenvalue weighted by Crippen LogP contribution is 2.26. The monoisotopic (exact) mass is 421 g/mol. The Bertz CT molecular complexity index is 427. The molecule has 1 rings (SSSR count). The van der Waals surface area contributed by atoms with Gasteiger partial charge in [-0.15, -0.1) is 41.9 Å². The summed E-state index contributed by atoms with van der Waals surface area (Å²) in [5, 5.41) is 5.61. The van der Waals surface area contributed by atoms with Gasteiger partial charge in [-0.05, 0) is 24.3 Å². The summed E-state index contributed by atoms with van der Waals surface area (Å²) in [6.07, 6.45) is 4.11.